The van der Waals surface area contributed by atoms with Gasteiger partial charge in [-0.15, -0.1) is 0 Å². The molecule has 6 heteroatoms. The Morgan fingerprint density at radius 1 is 1.16 bits per heavy atom. The van der Waals surface area contributed by atoms with Gasteiger partial charge in [-0.25, -0.2) is 9.59 Å². The molecule has 0 aromatic rings. The van der Waals surface area contributed by atoms with E-state index < -0.39 is 14.0 Å². The number of rotatable bonds is 8. The van der Waals surface area contributed by atoms with E-state index in [4.69, 9.17) is 4.74 Å². The van der Waals surface area contributed by atoms with Crippen molar-refractivity contribution in [3.8, 4) is 0 Å². The summed E-state index contributed by atoms with van der Waals surface area (Å²) in [4.78, 5) is 22.4. The van der Waals surface area contributed by atoms with Crippen molar-refractivity contribution in [3.63, 3.8) is 0 Å². The molecule has 0 spiro atoms. The first-order valence-electron chi connectivity index (χ1n) is 6.57. The fraction of sp³-hybridized carbons (Fsp3) is 0.692. The predicted octanol–water partition coefficient (Wildman–Crippen LogP) is 2.13. The number of carbonyl (C=O) groups excluding carboxylic acids is 2. The number of carbonyl (C=O) groups is 2. The fourth-order valence-corrected chi connectivity index (χ4v) is 2.55. The zero-order chi connectivity index (χ0) is 14.9. The molecule has 5 nitrogen and oxygen atoms in total. The molecular formula is C13H26N2O3Si. The lowest BCUT2D eigenvalue weighted by molar-refractivity contribution is -0.138. The Morgan fingerprint density at radius 2 is 1.74 bits per heavy atom. The van der Waals surface area contributed by atoms with Crippen LogP contribution in [0.4, 0.5) is 4.79 Å². The molecule has 0 heterocycles. The molecule has 2 amide bonds. The van der Waals surface area contributed by atoms with E-state index in [0.717, 1.165) is 6.42 Å². The molecule has 0 fully saturated rings. The molecule has 19 heavy (non-hydrogen) atoms. The van der Waals surface area contributed by atoms with E-state index in [-0.39, 0.29) is 12.6 Å². The summed E-state index contributed by atoms with van der Waals surface area (Å²) in [5, 5.41) is 5.41. The molecule has 0 aromatic heterocycles. The number of ether oxygens (including phenoxy) is 1. The summed E-state index contributed by atoms with van der Waals surface area (Å²) in [7, 11) is -1.02. The largest absolute Gasteiger partial charge is 0.460 e. The number of hydrogen-bond acceptors (Lipinski definition) is 3. The molecule has 0 unspecified atom stereocenters. The maximum atomic E-state index is 11.4. The van der Waals surface area contributed by atoms with Crippen molar-refractivity contribution in [1.82, 2.24) is 10.6 Å². The van der Waals surface area contributed by atoms with Crippen LogP contribution in [0.1, 0.15) is 13.3 Å². The van der Waals surface area contributed by atoms with E-state index in [2.05, 4.69) is 36.9 Å². The molecule has 0 bridgehead atoms. The molecule has 2 N–H and O–H groups in total. The van der Waals surface area contributed by atoms with Gasteiger partial charge < -0.3 is 15.4 Å². The van der Waals surface area contributed by atoms with E-state index >= 15 is 0 Å². The van der Waals surface area contributed by atoms with Crippen LogP contribution in [0.15, 0.2) is 12.2 Å². The quantitative estimate of drug-likeness (QED) is 0.311. The SMILES string of the molecule is C=C(C)C(=O)OCCNC(=O)NCCC[Si](C)(C)C. The summed E-state index contributed by atoms with van der Waals surface area (Å²) in [6.45, 7) is 13.1. The smallest absolute Gasteiger partial charge is 0.333 e. The second-order valence-corrected chi connectivity index (χ2v) is 11.4. The number of hydrogen-bond donors (Lipinski definition) is 2. The number of urea groups is 1. The molecule has 0 atom stereocenters. The Hall–Kier alpha value is -1.30. The van der Waals surface area contributed by atoms with E-state index in [0.29, 0.717) is 18.7 Å². The van der Waals surface area contributed by atoms with E-state index in [1.807, 2.05) is 0 Å². The Morgan fingerprint density at radius 3 is 2.26 bits per heavy atom. The van der Waals surface area contributed by atoms with Crippen LogP contribution in [0.5, 0.6) is 0 Å². The third kappa shape index (κ3) is 11.5. The first kappa shape index (κ1) is 17.7. The Balaban J connectivity index is 3.50. The van der Waals surface area contributed by atoms with Crippen molar-refractivity contribution in [1.29, 1.82) is 0 Å². The highest BCUT2D eigenvalue weighted by atomic mass is 28.3. The molecule has 0 aliphatic carbocycles. The molecule has 0 aromatic carbocycles. The highest BCUT2D eigenvalue weighted by Crippen LogP contribution is 2.09. The first-order valence-corrected chi connectivity index (χ1v) is 10.3. The maximum absolute atomic E-state index is 11.4. The summed E-state index contributed by atoms with van der Waals surface area (Å²) in [5.41, 5.74) is 0.357. The van der Waals surface area contributed by atoms with Gasteiger partial charge in [0.05, 0.1) is 6.54 Å². The average Bonchev–Trinajstić information content (AvgIpc) is 2.28. The molecule has 0 rings (SSSR count). The van der Waals surface area contributed by atoms with Gasteiger partial charge in [0, 0.05) is 20.2 Å². The normalized spacial score (nSPS) is 10.7. The fourth-order valence-electron chi connectivity index (χ4n) is 1.31. The van der Waals surface area contributed by atoms with Crippen molar-refractivity contribution in [2.75, 3.05) is 19.7 Å². The van der Waals surface area contributed by atoms with Crippen molar-refractivity contribution < 1.29 is 14.3 Å². The van der Waals surface area contributed by atoms with Crippen molar-refractivity contribution in [3.05, 3.63) is 12.2 Å². The van der Waals surface area contributed by atoms with Gasteiger partial charge in [0.1, 0.15) is 6.61 Å². The topological polar surface area (TPSA) is 67.4 Å². The Labute approximate surface area is 116 Å². The number of nitrogens with one attached hydrogen (secondary N) is 2. The van der Waals surface area contributed by atoms with Crippen LogP contribution in [-0.4, -0.2) is 39.8 Å². The second-order valence-electron chi connectivity index (χ2n) is 5.76. The van der Waals surface area contributed by atoms with Crippen LogP contribution in [0.25, 0.3) is 0 Å². The molecular weight excluding hydrogens is 260 g/mol. The van der Waals surface area contributed by atoms with Gasteiger partial charge in [-0.1, -0.05) is 32.3 Å². The maximum Gasteiger partial charge on any atom is 0.333 e. The van der Waals surface area contributed by atoms with E-state index in [9.17, 15) is 9.59 Å². The molecule has 0 saturated heterocycles. The summed E-state index contributed by atoms with van der Waals surface area (Å²) in [6.07, 6.45) is 1.01. The van der Waals surface area contributed by atoms with Gasteiger partial charge in [-0.05, 0) is 13.3 Å². The van der Waals surface area contributed by atoms with Crippen LogP contribution < -0.4 is 10.6 Å². The Kier molecular flexibility index (Phi) is 8.14. The van der Waals surface area contributed by atoms with Crippen molar-refractivity contribution in [2.24, 2.45) is 0 Å². The van der Waals surface area contributed by atoms with Gasteiger partial charge in [0.2, 0.25) is 0 Å². The highest BCUT2D eigenvalue weighted by molar-refractivity contribution is 6.76. The zero-order valence-corrected chi connectivity index (χ0v) is 13.5. The molecule has 110 valence electrons. The third-order valence-corrected chi connectivity index (χ3v) is 4.21. The van der Waals surface area contributed by atoms with Gasteiger partial charge in [-0.3, -0.25) is 0 Å². The summed E-state index contributed by atoms with van der Waals surface area (Å²) in [6, 6.07) is 0.978. The van der Waals surface area contributed by atoms with Gasteiger partial charge in [0.25, 0.3) is 0 Å². The van der Waals surface area contributed by atoms with Gasteiger partial charge in [0.15, 0.2) is 0 Å². The lowest BCUT2D eigenvalue weighted by Crippen LogP contribution is -2.38. The van der Waals surface area contributed by atoms with Gasteiger partial charge >= 0.3 is 12.0 Å². The Bertz CT molecular complexity index is 324. The van der Waals surface area contributed by atoms with Crippen LogP contribution in [0, 0.1) is 0 Å². The second kappa shape index (κ2) is 8.74. The summed E-state index contributed by atoms with van der Waals surface area (Å²) in [5.74, 6) is -0.433. The van der Waals surface area contributed by atoms with Crippen LogP contribution in [0.3, 0.4) is 0 Å². The monoisotopic (exact) mass is 286 g/mol. The standard InChI is InChI=1S/C13H26N2O3Si/c1-11(2)12(16)18-9-8-15-13(17)14-7-6-10-19(3,4)5/h1,6-10H2,2-5H3,(H2,14,15,17). The zero-order valence-electron chi connectivity index (χ0n) is 12.5. The predicted molar refractivity (Wildman–Crippen MR) is 79.9 cm³/mol. The lowest BCUT2D eigenvalue weighted by Gasteiger charge is -2.15. The highest BCUT2D eigenvalue weighted by Gasteiger charge is 2.11. The molecule has 0 saturated carbocycles. The average molecular weight is 286 g/mol. The van der Waals surface area contributed by atoms with E-state index in [1.54, 1.807) is 6.92 Å². The van der Waals surface area contributed by atoms with Crippen LogP contribution in [0.2, 0.25) is 25.7 Å². The number of esters is 1. The molecule has 0 radical (unpaired) electrons. The minimum absolute atomic E-state index is 0.161. The van der Waals surface area contributed by atoms with Crippen molar-refractivity contribution in [2.45, 2.75) is 39.0 Å². The van der Waals surface area contributed by atoms with E-state index in [1.165, 1.54) is 6.04 Å². The van der Waals surface area contributed by atoms with Crippen LogP contribution >= 0.6 is 0 Å². The van der Waals surface area contributed by atoms with Crippen molar-refractivity contribution >= 4 is 20.1 Å². The lowest BCUT2D eigenvalue weighted by atomic mass is 10.4. The first-order chi connectivity index (χ1) is 8.72. The minimum atomic E-state index is -1.02. The summed E-state index contributed by atoms with van der Waals surface area (Å²) < 4.78 is 4.85. The summed E-state index contributed by atoms with van der Waals surface area (Å²) >= 11 is 0. The molecule has 0 aliphatic rings. The molecule has 0 aliphatic heterocycles. The third-order valence-electron chi connectivity index (χ3n) is 2.36. The van der Waals surface area contributed by atoms with Gasteiger partial charge in [-0.2, -0.15) is 0 Å². The number of amides is 2. The minimum Gasteiger partial charge on any atom is -0.460 e. The van der Waals surface area contributed by atoms with Crippen LogP contribution in [-0.2, 0) is 9.53 Å².